The van der Waals surface area contributed by atoms with E-state index in [9.17, 15) is 8.42 Å². The number of anilines is 1. The van der Waals surface area contributed by atoms with Crippen molar-refractivity contribution in [2.45, 2.75) is 37.0 Å². The van der Waals surface area contributed by atoms with Crippen LogP contribution < -0.4 is 5.32 Å². The smallest absolute Gasteiger partial charge is 0.217 e. The summed E-state index contributed by atoms with van der Waals surface area (Å²) in [6, 6.07) is 0. The van der Waals surface area contributed by atoms with Gasteiger partial charge in [-0.2, -0.15) is 4.31 Å². The average molecular weight is 326 g/mol. The molecule has 1 saturated heterocycles. The third kappa shape index (κ3) is 2.95. The van der Waals surface area contributed by atoms with E-state index < -0.39 is 10.0 Å². The number of rotatable bonds is 4. The summed E-state index contributed by atoms with van der Waals surface area (Å²) in [4.78, 5) is 8.53. The number of ether oxygens (including phenoxy) is 1. The molecule has 0 unspecified atom stereocenters. The largest absolute Gasteiger partial charge is 0.372 e. The van der Waals surface area contributed by atoms with Crippen molar-refractivity contribution in [3.05, 3.63) is 18.1 Å². The average Bonchev–Trinajstić information content (AvgIpc) is 3.10. The number of nitrogens with one attached hydrogen (secondary N) is 1. The molecule has 1 aromatic rings. The fraction of sp³-hybridized carbons (Fsp3) is 0.714. The maximum Gasteiger partial charge on any atom is 0.217 e. The van der Waals surface area contributed by atoms with E-state index in [4.69, 9.17) is 4.74 Å². The van der Waals surface area contributed by atoms with Gasteiger partial charge < -0.3 is 10.1 Å². The van der Waals surface area contributed by atoms with Gasteiger partial charge in [0.1, 0.15) is 17.6 Å². The second kappa shape index (κ2) is 6.47. The van der Waals surface area contributed by atoms with E-state index in [2.05, 4.69) is 15.3 Å². The van der Waals surface area contributed by atoms with Gasteiger partial charge in [-0.25, -0.2) is 13.4 Å². The van der Waals surface area contributed by atoms with Crippen LogP contribution in [0.3, 0.4) is 0 Å². The molecule has 2 aliphatic rings. The lowest BCUT2D eigenvalue weighted by atomic mass is 10.2. The lowest BCUT2D eigenvalue weighted by Crippen LogP contribution is -2.46. The van der Waals surface area contributed by atoms with Crippen molar-refractivity contribution < 1.29 is 13.2 Å². The molecule has 8 heteroatoms. The van der Waals surface area contributed by atoms with Crippen molar-refractivity contribution in [1.82, 2.24) is 14.3 Å². The van der Waals surface area contributed by atoms with Gasteiger partial charge in [0.05, 0.1) is 11.9 Å². The maximum atomic E-state index is 12.7. The second-order valence-corrected chi connectivity index (χ2v) is 7.92. The molecule has 1 atom stereocenters. The van der Waals surface area contributed by atoms with Crippen molar-refractivity contribution in [2.24, 2.45) is 0 Å². The van der Waals surface area contributed by atoms with Crippen LogP contribution in [-0.4, -0.2) is 54.7 Å². The molecule has 0 spiro atoms. The number of hydrogen-bond donors (Lipinski definition) is 1. The molecule has 0 bridgehead atoms. The molecule has 0 radical (unpaired) electrons. The molecule has 1 N–H and O–H groups in total. The summed E-state index contributed by atoms with van der Waals surface area (Å²) in [5.74, 6) is 0.632. The van der Waals surface area contributed by atoms with Crippen LogP contribution in [0.5, 0.6) is 0 Å². The molecule has 0 aromatic carbocycles. The van der Waals surface area contributed by atoms with Crippen LogP contribution in [0.4, 0.5) is 5.82 Å². The number of nitrogens with zero attached hydrogens (tertiary/aromatic N) is 3. The summed E-state index contributed by atoms with van der Waals surface area (Å²) >= 11 is 0. The van der Waals surface area contributed by atoms with Gasteiger partial charge in [0.2, 0.25) is 10.0 Å². The van der Waals surface area contributed by atoms with Gasteiger partial charge in [-0.15, -0.1) is 0 Å². The molecular formula is C14H22N4O3S. The molecule has 1 aliphatic heterocycles. The summed E-state index contributed by atoms with van der Waals surface area (Å²) in [5, 5.41) is 2.75. The highest BCUT2D eigenvalue weighted by atomic mass is 32.2. The lowest BCUT2D eigenvalue weighted by Gasteiger charge is -2.33. The highest BCUT2D eigenvalue weighted by molar-refractivity contribution is 7.89. The Morgan fingerprint density at radius 1 is 1.27 bits per heavy atom. The van der Waals surface area contributed by atoms with E-state index in [1.165, 1.54) is 0 Å². The quantitative estimate of drug-likeness (QED) is 0.894. The van der Waals surface area contributed by atoms with E-state index in [1.54, 1.807) is 23.7 Å². The zero-order valence-electron chi connectivity index (χ0n) is 12.7. The van der Waals surface area contributed by atoms with Crippen LogP contribution in [-0.2, 0) is 14.8 Å². The number of hydrogen-bond acceptors (Lipinski definition) is 6. The molecule has 1 aromatic heterocycles. The molecule has 1 aliphatic carbocycles. The third-order valence-electron chi connectivity index (χ3n) is 4.38. The van der Waals surface area contributed by atoms with Gasteiger partial charge >= 0.3 is 0 Å². The van der Waals surface area contributed by atoms with Crippen molar-refractivity contribution in [3.63, 3.8) is 0 Å². The first kappa shape index (κ1) is 15.6. The highest BCUT2D eigenvalue weighted by Gasteiger charge is 2.38. The van der Waals surface area contributed by atoms with Crippen LogP contribution in [0, 0.1) is 0 Å². The van der Waals surface area contributed by atoms with E-state index in [-0.39, 0.29) is 11.4 Å². The van der Waals surface area contributed by atoms with Crippen LogP contribution >= 0.6 is 0 Å². The Bertz CT molecular complexity index is 616. The molecule has 122 valence electrons. The molecule has 1 saturated carbocycles. The van der Waals surface area contributed by atoms with Gasteiger partial charge in [-0.05, 0) is 12.8 Å². The Hall–Kier alpha value is -1.25. The Kier molecular flexibility index (Phi) is 4.60. The summed E-state index contributed by atoms with van der Waals surface area (Å²) in [7, 11) is -1.47. The number of aromatic nitrogens is 2. The van der Waals surface area contributed by atoms with E-state index in [0.29, 0.717) is 31.2 Å². The van der Waals surface area contributed by atoms with Crippen molar-refractivity contribution >= 4 is 15.8 Å². The topological polar surface area (TPSA) is 84.4 Å². The Labute approximate surface area is 131 Å². The first-order valence-corrected chi connectivity index (χ1v) is 9.22. The van der Waals surface area contributed by atoms with Gasteiger partial charge in [-0.1, -0.05) is 12.8 Å². The predicted molar refractivity (Wildman–Crippen MR) is 83.0 cm³/mol. The zero-order chi connectivity index (χ0) is 15.6. The minimum absolute atomic E-state index is 0.225. The lowest BCUT2D eigenvalue weighted by molar-refractivity contribution is -0.00495. The minimum atomic E-state index is -3.24. The van der Waals surface area contributed by atoms with Crippen LogP contribution in [0.1, 0.15) is 37.5 Å². The first-order chi connectivity index (χ1) is 10.6. The highest BCUT2D eigenvalue weighted by Crippen LogP contribution is 2.31. The Morgan fingerprint density at radius 2 is 2.00 bits per heavy atom. The molecule has 2 fully saturated rings. The summed E-state index contributed by atoms with van der Waals surface area (Å²) in [6.07, 6.45) is 6.39. The predicted octanol–water partition coefficient (Wildman–Crippen LogP) is 1.16. The van der Waals surface area contributed by atoms with Crippen molar-refractivity contribution in [1.29, 1.82) is 0 Å². The molecule has 2 heterocycles. The van der Waals surface area contributed by atoms with Crippen LogP contribution in [0.2, 0.25) is 0 Å². The molecule has 22 heavy (non-hydrogen) atoms. The molecule has 3 rings (SSSR count). The third-order valence-corrected chi connectivity index (χ3v) is 6.75. The fourth-order valence-corrected chi connectivity index (χ4v) is 5.22. The Balaban J connectivity index is 1.79. The van der Waals surface area contributed by atoms with E-state index in [0.717, 1.165) is 25.7 Å². The van der Waals surface area contributed by atoms with Crippen LogP contribution in [0.15, 0.2) is 12.4 Å². The standard InChI is InChI=1S/C14H22N4O3S/c1-15-14-13(16-6-7-17-14)12-10-18(8-9-21-12)22(19,20)11-4-2-3-5-11/h6-7,11-12H,2-5,8-10H2,1H3,(H,15,17)/t12-/m0/s1. The SMILES string of the molecule is CNc1nccnc1[C@@H]1CN(S(=O)(=O)C2CCCC2)CCO1. The monoisotopic (exact) mass is 326 g/mol. The van der Waals surface area contributed by atoms with Crippen molar-refractivity contribution in [2.75, 3.05) is 32.1 Å². The van der Waals surface area contributed by atoms with Gasteiger partial charge in [0.25, 0.3) is 0 Å². The number of morpholine rings is 1. The van der Waals surface area contributed by atoms with Gasteiger partial charge in [0.15, 0.2) is 0 Å². The molecule has 7 nitrogen and oxygen atoms in total. The normalized spacial score (nSPS) is 24.5. The van der Waals surface area contributed by atoms with E-state index in [1.807, 2.05) is 0 Å². The maximum absolute atomic E-state index is 12.7. The molecule has 0 amide bonds. The number of sulfonamides is 1. The fourth-order valence-electron chi connectivity index (χ4n) is 3.20. The minimum Gasteiger partial charge on any atom is -0.372 e. The summed E-state index contributed by atoms with van der Waals surface area (Å²) in [6.45, 7) is 1.12. The van der Waals surface area contributed by atoms with E-state index >= 15 is 0 Å². The van der Waals surface area contributed by atoms with Crippen molar-refractivity contribution in [3.8, 4) is 0 Å². The zero-order valence-corrected chi connectivity index (χ0v) is 13.6. The Morgan fingerprint density at radius 3 is 2.73 bits per heavy atom. The van der Waals surface area contributed by atoms with Gasteiger partial charge in [-0.3, -0.25) is 4.98 Å². The molecular weight excluding hydrogens is 304 g/mol. The second-order valence-electron chi connectivity index (χ2n) is 5.71. The van der Waals surface area contributed by atoms with Crippen LogP contribution in [0.25, 0.3) is 0 Å². The summed E-state index contributed by atoms with van der Waals surface area (Å²) in [5.41, 5.74) is 0.663. The summed E-state index contributed by atoms with van der Waals surface area (Å²) < 4.78 is 32.8. The first-order valence-electron chi connectivity index (χ1n) is 7.72. The van der Waals surface area contributed by atoms with Gasteiger partial charge in [0, 0.05) is 32.5 Å².